The van der Waals surface area contributed by atoms with E-state index in [0.717, 1.165) is 0 Å². The van der Waals surface area contributed by atoms with Gasteiger partial charge in [-0.1, -0.05) is 53.0 Å². The number of hydrogen-bond donors (Lipinski definition) is 2. The third kappa shape index (κ3) is 6.06. The monoisotopic (exact) mass is 621 g/mol. The number of H-pyrrole nitrogens is 1. The van der Waals surface area contributed by atoms with Crippen LogP contribution < -0.4 is 19.6 Å². The number of ether oxygens (including phenoxy) is 3. The summed E-state index contributed by atoms with van der Waals surface area (Å²) in [6, 6.07) is 21.8. The van der Waals surface area contributed by atoms with Crippen LogP contribution in [0.4, 0.5) is 0 Å². The van der Waals surface area contributed by atoms with E-state index in [9.17, 15) is 9.59 Å². The number of rotatable bonds is 8. The SMILES string of the molecule is COc1ccc(C(=O)Oc2ccc(C=NNC(=O)c3[nH]c4cc(Cl)cc(Cl)c4c3-c3ccccc3Cl)cc2OC)cc1. The molecular formula is C31H22Cl3N3O5. The van der Waals surface area contributed by atoms with Gasteiger partial charge in [0.1, 0.15) is 11.4 Å². The first-order valence-electron chi connectivity index (χ1n) is 12.4. The number of nitrogens with zero attached hydrogens (tertiary/aromatic N) is 1. The molecule has 0 atom stereocenters. The normalized spacial score (nSPS) is 11.1. The highest BCUT2D eigenvalue weighted by Crippen LogP contribution is 2.41. The lowest BCUT2D eigenvalue weighted by molar-refractivity contribution is 0.0729. The minimum atomic E-state index is -0.557. The van der Waals surface area contributed by atoms with E-state index >= 15 is 0 Å². The molecule has 5 aromatic rings. The lowest BCUT2D eigenvalue weighted by Gasteiger charge is -2.10. The molecule has 0 bridgehead atoms. The maximum atomic E-state index is 13.3. The molecule has 2 N–H and O–H groups in total. The van der Waals surface area contributed by atoms with E-state index in [1.54, 1.807) is 79.9 Å². The Morgan fingerprint density at radius 1 is 0.857 bits per heavy atom. The molecule has 212 valence electrons. The van der Waals surface area contributed by atoms with Crippen LogP contribution in [0.5, 0.6) is 17.2 Å². The molecule has 8 nitrogen and oxygen atoms in total. The Balaban J connectivity index is 1.37. The fourth-order valence-corrected chi connectivity index (χ4v) is 5.13. The smallest absolute Gasteiger partial charge is 0.343 e. The van der Waals surface area contributed by atoms with Crippen molar-refractivity contribution < 1.29 is 23.8 Å². The highest BCUT2D eigenvalue weighted by atomic mass is 35.5. The van der Waals surface area contributed by atoms with Crippen molar-refractivity contribution in [1.82, 2.24) is 10.4 Å². The molecule has 11 heteroatoms. The van der Waals surface area contributed by atoms with Crippen molar-refractivity contribution in [3.8, 4) is 28.4 Å². The second kappa shape index (κ2) is 12.6. The summed E-state index contributed by atoms with van der Waals surface area (Å²) < 4.78 is 16.0. The summed E-state index contributed by atoms with van der Waals surface area (Å²) in [5.41, 5.74) is 5.38. The van der Waals surface area contributed by atoms with Crippen LogP contribution in [0.25, 0.3) is 22.0 Å². The van der Waals surface area contributed by atoms with Gasteiger partial charge in [-0.05, 0) is 66.2 Å². The Morgan fingerprint density at radius 3 is 2.33 bits per heavy atom. The number of carbonyl (C=O) groups excluding carboxylic acids is 2. The second-order valence-corrected chi connectivity index (χ2v) is 10.1. The Morgan fingerprint density at radius 2 is 1.62 bits per heavy atom. The number of fused-ring (bicyclic) bond motifs is 1. The third-order valence-electron chi connectivity index (χ3n) is 6.28. The van der Waals surface area contributed by atoms with E-state index < -0.39 is 11.9 Å². The van der Waals surface area contributed by atoms with Gasteiger partial charge in [-0.3, -0.25) is 4.79 Å². The van der Waals surface area contributed by atoms with Crippen molar-refractivity contribution in [2.45, 2.75) is 0 Å². The van der Waals surface area contributed by atoms with Gasteiger partial charge < -0.3 is 19.2 Å². The van der Waals surface area contributed by atoms with Gasteiger partial charge in [-0.25, -0.2) is 10.2 Å². The Labute approximate surface area is 255 Å². The molecule has 1 aromatic heterocycles. The van der Waals surface area contributed by atoms with Gasteiger partial charge in [0.2, 0.25) is 0 Å². The first-order chi connectivity index (χ1) is 20.3. The van der Waals surface area contributed by atoms with Gasteiger partial charge >= 0.3 is 5.97 Å². The van der Waals surface area contributed by atoms with Crippen molar-refractivity contribution in [3.63, 3.8) is 0 Å². The number of hydrazone groups is 1. The van der Waals surface area contributed by atoms with Crippen LogP contribution >= 0.6 is 34.8 Å². The molecule has 0 radical (unpaired) electrons. The van der Waals surface area contributed by atoms with Crippen LogP contribution in [0.15, 0.2) is 84.0 Å². The standard InChI is InChI=1S/C31H22Cl3N3O5/c1-40-20-10-8-18(9-11-20)31(39)42-25-12-7-17(13-26(25)41-2)16-35-37-30(38)29-27(21-5-3-4-6-22(21)33)28-23(34)14-19(32)15-24(28)36-29/h3-16,36H,1-2H3,(H,37,38). The minimum Gasteiger partial charge on any atom is -0.497 e. The molecule has 0 aliphatic rings. The van der Waals surface area contributed by atoms with E-state index in [0.29, 0.717) is 59.7 Å². The lowest BCUT2D eigenvalue weighted by Crippen LogP contribution is -2.19. The predicted molar refractivity (Wildman–Crippen MR) is 165 cm³/mol. The number of halogens is 3. The third-order valence-corrected chi connectivity index (χ3v) is 7.13. The zero-order valence-electron chi connectivity index (χ0n) is 22.2. The number of aromatic nitrogens is 1. The largest absolute Gasteiger partial charge is 0.497 e. The zero-order valence-corrected chi connectivity index (χ0v) is 24.5. The Kier molecular flexibility index (Phi) is 8.68. The van der Waals surface area contributed by atoms with Crippen LogP contribution in [-0.4, -0.2) is 37.3 Å². The van der Waals surface area contributed by atoms with Crippen LogP contribution in [0, 0.1) is 0 Å². The Bertz CT molecular complexity index is 1830. The molecule has 0 spiro atoms. The van der Waals surface area contributed by atoms with Crippen LogP contribution in [-0.2, 0) is 0 Å². The van der Waals surface area contributed by atoms with Gasteiger partial charge in [0.15, 0.2) is 11.5 Å². The molecule has 0 fully saturated rings. The first kappa shape index (κ1) is 29.0. The number of esters is 1. The molecular weight excluding hydrogens is 601 g/mol. The maximum Gasteiger partial charge on any atom is 0.343 e. The van der Waals surface area contributed by atoms with Crippen molar-refractivity contribution >= 4 is 63.8 Å². The summed E-state index contributed by atoms with van der Waals surface area (Å²) in [5, 5.41) is 5.93. The summed E-state index contributed by atoms with van der Waals surface area (Å²) in [5.74, 6) is 0.0608. The predicted octanol–water partition coefficient (Wildman–Crippen LogP) is 7.80. The van der Waals surface area contributed by atoms with E-state index in [1.165, 1.54) is 13.3 Å². The maximum absolute atomic E-state index is 13.3. The molecule has 0 saturated heterocycles. The van der Waals surface area contributed by atoms with E-state index in [2.05, 4.69) is 15.5 Å². The number of amides is 1. The molecule has 1 heterocycles. The van der Waals surface area contributed by atoms with E-state index in [4.69, 9.17) is 49.0 Å². The van der Waals surface area contributed by atoms with Gasteiger partial charge in [0.05, 0.1) is 31.0 Å². The number of methoxy groups -OCH3 is 2. The lowest BCUT2D eigenvalue weighted by atomic mass is 10.0. The van der Waals surface area contributed by atoms with Crippen LogP contribution in [0.3, 0.4) is 0 Å². The fraction of sp³-hybridized carbons (Fsp3) is 0.0645. The van der Waals surface area contributed by atoms with Crippen LogP contribution in [0.1, 0.15) is 26.4 Å². The molecule has 4 aromatic carbocycles. The second-order valence-electron chi connectivity index (χ2n) is 8.89. The highest BCUT2D eigenvalue weighted by Gasteiger charge is 2.23. The van der Waals surface area contributed by atoms with Gasteiger partial charge in [0, 0.05) is 32.1 Å². The average Bonchev–Trinajstić information content (AvgIpc) is 3.37. The molecule has 5 rings (SSSR count). The minimum absolute atomic E-state index is 0.206. The summed E-state index contributed by atoms with van der Waals surface area (Å²) >= 11 is 19.2. The molecule has 1 amide bonds. The molecule has 0 aliphatic carbocycles. The molecule has 0 unspecified atom stereocenters. The van der Waals surface area contributed by atoms with E-state index in [-0.39, 0.29) is 11.4 Å². The average molecular weight is 623 g/mol. The van der Waals surface area contributed by atoms with Gasteiger partial charge in [0.25, 0.3) is 5.91 Å². The van der Waals surface area contributed by atoms with Crippen molar-refractivity contribution in [2.24, 2.45) is 5.10 Å². The van der Waals surface area contributed by atoms with Crippen molar-refractivity contribution in [3.05, 3.63) is 111 Å². The van der Waals surface area contributed by atoms with Gasteiger partial charge in [-0.2, -0.15) is 5.10 Å². The highest BCUT2D eigenvalue weighted by molar-refractivity contribution is 6.41. The number of hydrogen-bond acceptors (Lipinski definition) is 6. The van der Waals surface area contributed by atoms with Crippen molar-refractivity contribution in [2.75, 3.05) is 14.2 Å². The summed E-state index contributed by atoms with van der Waals surface area (Å²) in [6.07, 6.45) is 1.43. The molecule has 0 aliphatic heterocycles. The summed E-state index contributed by atoms with van der Waals surface area (Å²) in [4.78, 5) is 29.0. The van der Waals surface area contributed by atoms with Crippen molar-refractivity contribution in [1.29, 1.82) is 0 Å². The van der Waals surface area contributed by atoms with E-state index in [1.807, 2.05) is 6.07 Å². The van der Waals surface area contributed by atoms with Gasteiger partial charge in [-0.15, -0.1) is 0 Å². The number of aromatic amines is 1. The molecule has 0 saturated carbocycles. The van der Waals surface area contributed by atoms with Crippen LogP contribution in [0.2, 0.25) is 15.1 Å². The number of carbonyl (C=O) groups is 2. The number of benzene rings is 4. The molecule has 42 heavy (non-hydrogen) atoms. The quantitative estimate of drug-likeness (QED) is 0.0796. The topological polar surface area (TPSA) is 102 Å². The zero-order chi connectivity index (χ0) is 29.8. The summed E-state index contributed by atoms with van der Waals surface area (Å²) in [7, 11) is 2.99. The first-order valence-corrected chi connectivity index (χ1v) is 13.6. The Hall–Kier alpha value is -4.50. The number of nitrogens with one attached hydrogen (secondary N) is 2. The summed E-state index contributed by atoms with van der Waals surface area (Å²) in [6.45, 7) is 0. The fourth-order valence-electron chi connectivity index (χ4n) is 4.31.